The van der Waals surface area contributed by atoms with Gasteiger partial charge in [-0.2, -0.15) is 0 Å². The molecule has 0 heterocycles. The molecule has 2 N–H and O–H groups in total. The van der Waals surface area contributed by atoms with Crippen LogP contribution in [-0.2, 0) is 0 Å². The molecule has 0 aliphatic rings. The molecule has 0 amide bonds. The molecule has 0 rings (SSSR count). The maximum Gasteiger partial charge on any atom is 0.0595 e. The van der Waals surface area contributed by atoms with Gasteiger partial charge in [0.05, 0.1) is 6.61 Å². The van der Waals surface area contributed by atoms with Gasteiger partial charge in [0.25, 0.3) is 0 Å². The molecule has 1 atom stereocenters. The molecule has 2 heteroatoms. The Kier molecular flexibility index (Phi) is 2.14. The van der Waals surface area contributed by atoms with Gasteiger partial charge in [-0.1, -0.05) is 0 Å². The summed E-state index contributed by atoms with van der Waals surface area (Å²) < 4.78 is 0. The van der Waals surface area contributed by atoms with Gasteiger partial charge in [0, 0.05) is 6.04 Å². The lowest BCUT2D eigenvalue weighted by atomic mass is 10.4. The van der Waals surface area contributed by atoms with Crippen LogP contribution in [0, 0.1) is 0 Å². The number of rotatable bonds is 1. The van der Waals surface area contributed by atoms with Crippen molar-refractivity contribution in [2.45, 2.75) is 13.0 Å². The zero-order valence-corrected chi connectivity index (χ0v) is 3.23. The molecule has 0 fully saturated rings. The average molecular weight is 74.1 g/mol. The molecule has 0 saturated heterocycles. The number of nitrogens with one attached hydrogen (secondary N) is 1. The fourth-order valence-corrected chi connectivity index (χ4v) is 0. The fourth-order valence-electron chi connectivity index (χ4n) is 0. The van der Waals surface area contributed by atoms with E-state index in [-0.39, 0.29) is 12.6 Å². The number of aliphatic hydroxyl groups excluding tert-OH is 1. The van der Waals surface area contributed by atoms with E-state index in [1.54, 1.807) is 6.92 Å². The molecule has 2 nitrogen and oxygen atoms in total. The van der Waals surface area contributed by atoms with Crippen LogP contribution in [0.2, 0.25) is 0 Å². The highest BCUT2D eigenvalue weighted by Gasteiger charge is 1.82. The van der Waals surface area contributed by atoms with Crippen molar-refractivity contribution in [1.82, 2.24) is 5.73 Å². The Morgan fingerprint density at radius 2 is 2.20 bits per heavy atom. The van der Waals surface area contributed by atoms with Crippen LogP contribution in [0.25, 0.3) is 0 Å². The maximum atomic E-state index is 7.96. The van der Waals surface area contributed by atoms with Gasteiger partial charge in [-0.05, 0) is 6.92 Å². The SMILES string of the molecule is CC([NH])CO. The van der Waals surface area contributed by atoms with E-state index in [1.165, 1.54) is 0 Å². The van der Waals surface area contributed by atoms with Gasteiger partial charge < -0.3 is 5.11 Å². The lowest BCUT2D eigenvalue weighted by molar-refractivity contribution is 0.270. The smallest absolute Gasteiger partial charge is 0.0595 e. The second-order valence-corrected chi connectivity index (χ2v) is 1.08. The summed E-state index contributed by atoms with van der Waals surface area (Å²) in [7, 11) is 0. The summed E-state index contributed by atoms with van der Waals surface area (Å²) in [6.07, 6.45) is 0. The highest BCUT2D eigenvalue weighted by atomic mass is 16.3. The summed E-state index contributed by atoms with van der Waals surface area (Å²) in [6.45, 7) is 1.61. The first-order valence-corrected chi connectivity index (χ1v) is 1.59. The topological polar surface area (TPSA) is 44.0 Å². The predicted molar refractivity (Wildman–Crippen MR) is 19.6 cm³/mol. The van der Waals surface area contributed by atoms with Crippen molar-refractivity contribution in [2.75, 3.05) is 6.61 Å². The van der Waals surface area contributed by atoms with Crippen molar-refractivity contribution in [1.29, 1.82) is 0 Å². The van der Waals surface area contributed by atoms with Gasteiger partial charge in [0.15, 0.2) is 0 Å². The highest BCUT2D eigenvalue weighted by Crippen LogP contribution is 1.66. The molecule has 0 aromatic carbocycles. The largest absolute Gasteiger partial charge is 0.395 e. The quantitative estimate of drug-likeness (QED) is 0.454. The summed E-state index contributed by atoms with van der Waals surface area (Å²) >= 11 is 0. The van der Waals surface area contributed by atoms with Gasteiger partial charge in [-0.15, -0.1) is 0 Å². The van der Waals surface area contributed by atoms with Crippen LogP contribution in [0.3, 0.4) is 0 Å². The van der Waals surface area contributed by atoms with E-state index in [9.17, 15) is 0 Å². The zero-order chi connectivity index (χ0) is 4.28. The summed E-state index contributed by atoms with van der Waals surface area (Å²) in [6, 6.07) is -0.310. The maximum absolute atomic E-state index is 7.96. The minimum absolute atomic E-state index is 0.0278. The molecule has 31 valence electrons. The van der Waals surface area contributed by atoms with Crippen molar-refractivity contribution in [3.05, 3.63) is 0 Å². The third kappa shape index (κ3) is 3.92. The Labute approximate surface area is 31.6 Å². The van der Waals surface area contributed by atoms with Gasteiger partial charge >= 0.3 is 0 Å². The molecule has 0 aliphatic carbocycles. The molecular formula is C3H8NO. The summed E-state index contributed by atoms with van der Waals surface area (Å²) in [5.41, 5.74) is 6.58. The highest BCUT2D eigenvalue weighted by molar-refractivity contribution is 4.42. The molecule has 0 aromatic heterocycles. The number of hydrogen-bond acceptors (Lipinski definition) is 1. The van der Waals surface area contributed by atoms with Crippen LogP contribution in [0.1, 0.15) is 6.92 Å². The van der Waals surface area contributed by atoms with Crippen molar-refractivity contribution in [3.63, 3.8) is 0 Å². The Bertz CT molecular complexity index is 20.9. The Morgan fingerprint density at radius 3 is 2.20 bits per heavy atom. The molecular weight excluding hydrogens is 66.0 g/mol. The molecule has 0 aliphatic heterocycles. The summed E-state index contributed by atoms with van der Waals surface area (Å²) in [5.74, 6) is 0. The van der Waals surface area contributed by atoms with Crippen molar-refractivity contribution < 1.29 is 5.11 Å². The molecule has 0 bridgehead atoms. The standard InChI is InChI=1S/C3H8NO/c1-3(4)2-5/h3-5H,2H2,1H3. The van der Waals surface area contributed by atoms with Crippen molar-refractivity contribution in [2.24, 2.45) is 0 Å². The van der Waals surface area contributed by atoms with E-state index in [1.807, 2.05) is 0 Å². The lowest BCUT2D eigenvalue weighted by Crippen LogP contribution is -2.06. The van der Waals surface area contributed by atoms with Gasteiger partial charge in [0.1, 0.15) is 0 Å². The lowest BCUT2D eigenvalue weighted by Gasteiger charge is -1.89. The second-order valence-electron chi connectivity index (χ2n) is 1.08. The van der Waals surface area contributed by atoms with E-state index in [4.69, 9.17) is 10.8 Å². The van der Waals surface area contributed by atoms with Crippen LogP contribution >= 0.6 is 0 Å². The van der Waals surface area contributed by atoms with Gasteiger partial charge in [-0.3, -0.25) is 5.73 Å². The van der Waals surface area contributed by atoms with E-state index in [0.717, 1.165) is 0 Å². The van der Waals surface area contributed by atoms with Crippen LogP contribution in [0.15, 0.2) is 0 Å². The molecule has 1 radical (unpaired) electrons. The van der Waals surface area contributed by atoms with Crippen LogP contribution in [0.5, 0.6) is 0 Å². The number of hydrogen-bond donors (Lipinski definition) is 1. The molecule has 0 saturated carbocycles. The fraction of sp³-hybridized carbons (Fsp3) is 1.00. The summed E-state index contributed by atoms with van der Waals surface area (Å²) in [5, 5.41) is 7.96. The van der Waals surface area contributed by atoms with E-state index in [0.29, 0.717) is 0 Å². The first-order valence-electron chi connectivity index (χ1n) is 1.59. The molecule has 1 unspecified atom stereocenters. The number of aliphatic hydroxyl groups is 1. The minimum atomic E-state index is -0.310. The molecule has 5 heavy (non-hydrogen) atoms. The third-order valence-corrected chi connectivity index (χ3v) is 0.274. The van der Waals surface area contributed by atoms with Crippen LogP contribution in [-0.4, -0.2) is 17.8 Å². The first kappa shape index (κ1) is 4.92. The molecule has 0 aromatic rings. The Balaban J connectivity index is 2.54. The third-order valence-electron chi connectivity index (χ3n) is 0.274. The van der Waals surface area contributed by atoms with E-state index >= 15 is 0 Å². The Morgan fingerprint density at radius 1 is 2.00 bits per heavy atom. The predicted octanol–water partition coefficient (Wildman–Crippen LogP) is -0.350. The normalized spacial score (nSPS) is 15.0. The van der Waals surface area contributed by atoms with Gasteiger partial charge in [0.2, 0.25) is 0 Å². The minimum Gasteiger partial charge on any atom is -0.395 e. The Hall–Kier alpha value is -0.0800. The van der Waals surface area contributed by atoms with Crippen molar-refractivity contribution >= 4 is 0 Å². The average Bonchev–Trinajstić information content (AvgIpc) is 1.38. The zero-order valence-electron chi connectivity index (χ0n) is 3.23. The van der Waals surface area contributed by atoms with Crippen LogP contribution < -0.4 is 5.73 Å². The van der Waals surface area contributed by atoms with Crippen molar-refractivity contribution in [3.8, 4) is 0 Å². The molecule has 0 spiro atoms. The van der Waals surface area contributed by atoms with Crippen LogP contribution in [0.4, 0.5) is 0 Å². The monoisotopic (exact) mass is 74.1 g/mol. The summed E-state index contributed by atoms with van der Waals surface area (Å²) in [4.78, 5) is 0. The van der Waals surface area contributed by atoms with E-state index in [2.05, 4.69) is 0 Å². The second kappa shape index (κ2) is 2.18. The van der Waals surface area contributed by atoms with Gasteiger partial charge in [-0.25, -0.2) is 0 Å². The van der Waals surface area contributed by atoms with E-state index < -0.39 is 0 Å². The first-order chi connectivity index (χ1) is 2.27.